The minimum atomic E-state index is -0.504. The van der Waals surface area contributed by atoms with Crippen LogP contribution in [0.15, 0.2) is 30.3 Å². The smallest absolute Gasteiger partial charge is 0.305 e. The van der Waals surface area contributed by atoms with E-state index in [4.69, 9.17) is 0 Å². The van der Waals surface area contributed by atoms with Gasteiger partial charge in [-0.25, -0.2) is 0 Å². The zero-order valence-electron chi connectivity index (χ0n) is 9.64. The fourth-order valence-electron chi connectivity index (χ4n) is 1.36. The van der Waals surface area contributed by atoms with Crippen molar-refractivity contribution in [1.82, 2.24) is 0 Å². The molecule has 0 aliphatic carbocycles. The van der Waals surface area contributed by atoms with E-state index in [0.717, 1.165) is 0 Å². The summed E-state index contributed by atoms with van der Waals surface area (Å²) in [6.07, 6.45) is 0.567. The molecular formula is C13H14O4. The number of ether oxygens (including phenoxy) is 1. The fourth-order valence-corrected chi connectivity index (χ4v) is 1.36. The van der Waals surface area contributed by atoms with Gasteiger partial charge >= 0.3 is 5.97 Å². The molecule has 0 saturated heterocycles. The van der Waals surface area contributed by atoms with Crippen molar-refractivity contribution in [1.29, 1.82) is 0 Å². The Morgan fingerprint density at radius 2 is 1.71 bits per heavy atom. The zero-order chi connectivity index (χ0) is 12.7. The van der Waals surface area contributed by atoms with Gasteiger partial charge in [-0.05, 0) is 6.42 Å². The standard InChI is InChI=1S/C13H14O4/c1-17-12(15)9-5-8-11(14)13(16)10-6-3-2-4-7-10/h2-4,6-7H,5,8-9H2,1H3. The van der Waals surface area contributed by atoms with Gasteiger partial charge in [-0.1, -0.05) is 30.3 Å². The van der Waals surface area contributed by atoms with Gasteiger partial charge in [0, 0.05) is 18.4 Å². The molecule has 0 aliphatic rings. The number of carbonyl (C=O) groups excluding carboxylic acids is 3. The second kappa shape index (κ2) is 6.58. The lowest BCUT2D eigenvalue weighted by Crippen LogP contribution is -2.14. The van der Waals surface area contributed by atoms with Crippen LogP contribution in [0.4, 0.5) is 0 Å². The summed E-state index contributed by atoms with van der Waals surface area (Å²) in [6, 6.07) is 8.38. The van der Waals surface area contributed by atoms with Gasteiger partial charge in [0.1, 0.15) is 0 Å². The number of ketones is 2. The number of benzene rings is 1. The summed E-state index contributed by atoms with van der Waals surface area (Å²) < 4.78 is 4.44. The Bertz CT molecular complexity index is 409. The van der Waals surface area contributed by atoms with Gasteiger partial charge in [0.15, 0.2) is 0 Å². The van der Waals surface area contributed by atoms with Crippen LogP contribution >= 0.6 is 0 Å². The molecule has 0 heterocycles. The largest absolute Gasteiger partial charge is 0.469 e. The van der Waals surface area contributed by atoms with Gasteiger partial charge in [-0.15, -0.1) is 0 Å². The fraction of sp³-hybridized carbons (Fsp3) is 0.308. The average Bonchev–Trinajstić information content (AvgIpc) is 2.38. The first-order chi connectivity index (χ1) is 8.15. The number of hydrogen-bond donors (Lipinski definition) is 0. The van der Waals surface area contributed by atoms with E-state index >= 15 is 0 Å². The van der Waals surface area contributed by atoms with E-state index in [9.17, 15) is 14.4 Å². The van der Waals surface area contributed by atoms with Crippen molar-refractivity contribution in [3.05, 3.63) is 35.9 Å². The number of carbonyl (C=O) groups is 3. The third-order valence-corrected chi connectivity index (χ3v) is 2.30. The maximum atomic E-state index is 11.6. The minimum Gasteiger partial charge on any atom is -0.469 e. The molecule has 0 N–H and O–H groups in total. The average molecular weight is 234 g/mol. The van der Waals surface area contributed by atoms with E-state index in [1.54, 1.807) is 30.3 Å². The van der Waals surface area contributed by atoms with Gasteiger partial charge < -0.3 is 4.74 Å². The number of methoxy groups -OCH3 is 1. The van der Waals surface area contributed by atoms with Crippen LogP contribution in [-0.2, 0) is 14.3 Å². The molecule has 0 atom stereocenters. The summed E-state index contributed by atoms with van der Waals surface area (Å²) in [5.74, 6) is -1.35. The third kappa shape index (κ3) is 4.18. The Morgan fingerprint density at radius 3 is 2.29 bits per heavy atom. The van der Waals surface area contributed by atoms with Crippen LogP contribution in [0.5, 0.6) is 0 Å². The molecule has 1 aromatic carbocycles. The lowest BCUT2D eigenvalue weighted by Gasteiger charge is -2.00. The van der Waals surface area contributed by atoms with E-state index in [-0.39, 0.29) is 18.8 Å². The van der Waals surface area contributed by atoms with Crippen LogP contribution < -0.4 is 0 Å². The maximum Gasteiger partial charge on any atom is 0.305 e. The summed E-state index contributed by atoms with van der Waals surface area (Å²) in [5.41, 5.74) is 0.385. The van der Waals surface area contributed by atoms with E-state index < -0.39 is 11.6 Å². The highest BCUT2D eigenvalue weighted by molar-refractivity contribution is 6.43. The summed E-state index contributed by atoms with van der Waals surface area (Å²) in [4.78, 5) is 34.0. The second-order valence-corrected chi connectivity index (χ2v) is 3.55. The molecule has 0 aliphatic heterocycles. The first-order valence-electron chi connectivity index (χ1n) is 5.34. The lowest BCUT2D eigenvalue weighted by molar-refractivity contribution is -0.140. The van der Waals surface area contributed by atoms with Crippen LogP contribution in [0.2, 0.25) is 0 Å². The van der Waals surface area contributed by atoms with Crippen molar-refractivity contribution >= 4 is 17.5 Å². The summed E-state index contributed by atoms with van der Waals surface area (Å²) in [6.45, 7) is 0. The molecular weight excluding hydrogens is 220 g/mol. The molecule has 0 unspecified atom stereocenters. The molecule has 0 bridgehead atoms. The van der Waals surface area contributed by atoms with Crippen molar-refractivity contribution < 1.29 is 19.1 Å². The van der Waals surface area contributed by atoms with Gasteiger partial charge in [-0.2, -0.15) is 0 Å². The van der Waals surface area contributed by atoms with Gasteiger partial charge in [-0.3, -0.25) is 14.4 Å². The van der Waals surface area contributed by atoms with E-state index in [0.29, 0.717) is 12.0 Å². The maximum absolute atomic E-state index is 11.6. The van der Waals surface area contributed by atoms with Crippen molar-refractivity contribution in [2.45, 2.75) is 19.3 Å². The molecule has 0 spiro atoms. The molecule has 0 fully saturated rings. The Kier molecular flexibility index (Phi) is 5.07. The number of hydrogen-bond acceptors (Lipinski definition) is 4. The van der Waals surface area contributed by atoms with Gasteiger partial charge in [0.25, 0.3) is 0 Å². The minimum absolute atomic E-state index is 0.0722. The molecule has 1 rings (SSSR count). The Hall–Kier alpha value is -1.97. The number of Topliss-reactive ketones (excluding diaryl/α,β-unsaturated/α-hetero) is 2. The van der Waals surface area contributed by atoms with Crippen LogP contribution in [-0.4, -0.2) is 24.6 Å². The topological polar surface area (TPSA) is 60.4 Å². The highest BCUT2D eigenvalue weighted by Crippen LogP contribution is 2.05. The van der Waals surface area contributed by atoms with Crippen molar-refractivity contribution in [3.8, 4) is 0 Å². The predicted molar refractivity (Wildman–Crippen MR) is 61.6 cm³/mol. The molecule has 0 saturated carbocycles. The van der Waals surface area contributed by atoms with Crippen LogP contribution in [0.1, 0.15) is 29.6 Å². The lowest BCUT2D eigenvalue weighted by atomic mass is 10.0. The zero-order valence-corrected chi connectivity index (χ0v) is 9.64. The van der Waals surface area contributed by atoms with E-state index in [2.05, 4.69) is 4.74 Å². The SMILES string of the molecule is COC(=O)CCCC(=O)C(=O)c1ccccc1. The van der Waals surface area contributed by atoms with E-state index in [1.165, 1.54) is 7.11 Å². The Morgan fingerprint density at radius 1 is 1.06 bits per heavy atom. The van der Waals surface area contributed by atoms with Crippen LogP contribution in [0.25, 0.3) is 0 Å². The summed E-state index contributed by atoms with van der Waals surface area (Å²) in [5, 5.41) is 0. The highest BCUT2D eigenvalue weighted by Gasteiger charge is 2.15. The molecule has 0 radical (unpaired) electrons. The summed E-state index contributed by atoms with van der Waals surface area (Å²) in [7, 11) is 1.29. The van der Waals surface area contributed by atoms with Crippen LogP contribution in [0.3, 0.4) is 0 Å². The van der Waals surface area contributed by atoms with E-state index in [1.807, 2.05) is 0 Å². The molecule has 0 aromatic heterocycles. The molecule has 1 aromatic rings. The normalized spacial score (nSPS) is 9.71. The highest BCUT2D eigenvalue weighted by atomic mass is 16.5. The molecule has 17 heavy (non-hydrogen) atoms. The number of esters is 1. The van der Waals surface area contributed by atoms with Crippen LogP contribution in [0, 0.1) is 0 Å². The Labute approximate surface area is 99.6 Å². The van der Waals surface area contributed by atoms with Crippen molar-refractivity contribution in [2.75, 3.05) is 7.11 Å². The molecule has 0 amide bonds. The monoisotopic (exact) mass is 234 g/mol. The third-order valence-electron chi connectivity index (χ3n) is 2.30. The molecule has 90 valence electrons. The van der Waals surface area contributed by atoms with Crippen molar-refractivity contribution in [3.63, 3.8) is 0 Å². The predicted octanol–water partition coefficient (Wildman–Crippen LogP) is 1.78. The molecule has 4 nitrogen and oxygen atoms in total. The molecule has 4 heteroatoms. The first kappa shape index (κ1) is 13.1. The first-order valence-corrected chi connectivity index (χ1v) is 5.34. The quantitative estimate of drug-likeness (QED) is 0.427. The second-order valence-electron chi connectivity index (χ2n) is 3.55. The number of rotatable bonds is 6. The Balaban J connectivity index is 2.43. The van der Waals surface area contributed by atoms with Crippen molar-refractivity contribution in [2.24, 2.45) is 0 Å². The van der Waals surface area contributed by atoms with Gasteiger partial charge in [0.2, 0.25) is 11.6 Å². The van der Waals surface area contributed by atoms with Gasteiger partial charge in [0.05, 0.1) is 7.11 Å². The summed E-state index contributed by atoms with van der Waals surface area (Å²) >= 11 is 0.